The third-order valence-electron chi connectivity index (χ3n) is 4.70. The van der Waals surface area contributed by atoms with Crippen molar-refractivity contribution in [3.8, 4) is 5.75 Å². The van der Waals surface area contributed by atoms with Crippen LogP contribution >= 0.6 is 0 Å². The third-order valence-corrected chi connectivity index (χ3v) is 5.94. The number of fused-ring (bicyclic) bond motifs is 1. The molecule has 0 spiro atoms. The van der Waals surface area contributed by atoms with Crippen molar-refractivity contribution in [1.29, 1.82) is 0 Å². The van der Waals surface area contributed by atoms with E-state index in [0.717, 1.165) is 26.9 Å². The van der Waals surface area contributed by atoms with Gasteiger partial charge in [0.2, 0.25) is 15.9 Å². The maximum Gasteiger partial charge on any atom is 0.243 e. The van der Waals surface area contributed by atoms with Crippen LogP contribution < -0.4 is 14.4 Å². The molecule has 0 aliphatic heterocycles. The van der Waals surface area contributed by atoms with Crippen molar-refractivity contribution in [3.05, 3.63) is 72.3 Å². The lowest BCUT2D eigenvalue weighted by atomic mass is 10.1. The van der Waals surface area contributed by atoms with Crippen LogP contribution in [0.2, 0.25) is 0 Å². The molecule has 0 saturated carbocycles. The fourth-order valence-electron chi connectivity index (χ4n) is 3.22. The van der Waals surface area contributed by atoms with E-state index in [1.54, 1.807) is 31.2 Å². The number of amides is 1. The van der Waals surface area contributed by atoms with Crippen molar-refractivity contribution in [3.63, 3.8) is 0 Å². The molecule has 0 fully saturated rings. The normalized spacial score (nSPS) is 12.4. The minimum Gasteiger partial charge on any atom is -0.497 e. The summed E-state index contributed by atoms with van der Waals surface area (Å²) in [5.74, 6) is 0.231. The minimum atomic E-state index is -3.66. The highest BCUT2D eigenvalue weighted by Crippen LogP contribution is 2.24. The second kappa shape index (κ2) is 8.53. The van der Waals surface area contributed by atoms with E-state index < -0.39 is 16.1 Å². The van der Waals surface area contributed by atoms with Crippen LogP contribution in [0, 0.1) is 0 Å². The number of sulfonamides is 1. The molecule has 6 nitrogen and oxygen atoms in total. The Morgan fingerprint density at radius 2 is 1.69 bits per heavy atom. The van der Waals surface area contributed by atoms with E-state index in [2.05, 4.69) is 5.32 Å². The van der Waals surface area contributed by atoms with Gasteiger partial charge in [-0.05, 0) is 53.6 Å². The summed E-state index contributed by atoms with van der Waals surface area (Å²) < 4.78 is 31.0. The van der Waals surface area contributed by atoms with E-state index in [1.807, 2.05) is 42.5 Å². The molecule has 0 saturated heterocycles. The van der Waals surface area contributed by atoms with Crippen LogP contribution in [-0.4, -0.2) is 33.7 Å². The Hall–Kier alpha value is -3.06. The number of carbonyl (C=O) groups excluding carboxylic acids is 1. The van der Waals surface area contributed by atoms with Gasteiger partial charge in [0.1, 0.15) is 11.8 Å². The van der Waals surface area contributed by atoms with Gasteiger partial charge in [0.15, 0.2) is 0 Å². The quantitative estimate of drug-likeness (QED) is 0.646. The minimum absolute atomic E-state index is 0.314. The summed E-state index contributed by atoms with van der Waals surface area (Å²) in [6, 6.07) is 19.6. The van der Waals surface area contributed by atoms with Gasteiger partial charge in [-0.1, -0.05) is 36.4 Å². The number of hydrogen-bond donors (Lipinski definition) is 1. The average Bonchev–Trinajstić information content (AvgIpc) is 2.71. The standard InChI is InChI=1S/C22H24N2O4S/c1-16(24(29(3,26)27)20-10-12-21(28-2)13-11-20)22(25)23-15-17-8-9-18-6-4-5-7-19(18)14-17/h4-14,16H,15H2,1-3H3,(H,23,25). The zero-order valence-electron chi connectivity index (χ0n) is 16.6. The lowest BCUT2D eigenvalue weighted by Crippen LogP contribution is -2.47. The summed E-state index contributed by atoms with van der Waals surface area (Å²) in [4.78, 5) is 12.7. The SMILES string of the molecule is COc1ccc(N(C(C)C(=O)NCc2ccc3ccccc3c2)S(C)(=O)=O)cc1. The van der Waals surface area contributed by atoms with Crippen molar-refractivity contribution in [2.75, 3.05) is 17.7 Å². The van der Waals surface area contributed by atoms with Crippen molar-refractivity contribution in [2.45, 2.75) is 19.5 Å². The van der Waals surface area contributed by atoms with Gasteiger partial charge in [0.05, 0.1) is 19.1 Å². The number of hydrogen-bond acceptors (Lipinski definition) is 4. The number of benzene rings is 3. The molecule has 0 heterocycles. The summed E-state index contributed by atoms with van der Waals surface area (Å²) >= 11 is 0. The summed E-state index contributed by atoms with van der Waals surface area (Å²) in [5, 5.41) is 5.05. The Balaban J connectivity index is 1.76. The Labute approximate surface area is 171 Å². The fourth-order valence-corrected chi connectivity index (χ4v) is 4.40. The molecule has 0 radical (unpaired) electrons. The van der Waals surface area contributed by atoms with Gasteiger partial charge in [-0.15, -0.1) is 0 Å². The highest BCUT2D eigenvalue weighted by molar-refractivity contribution is 7.92. The van der Waals surface area contributed by atoms with E-state index in [1.165, 1.54) is 7.11 Å². The zero-order chi connectivity index (χ0) is 21.0. The molecule has 3 aromatic rings. The monoisotopic (exact) mass is 412 g/mol. The molecule has 1 atom stereocenters. The molecule has 0 bridgehead atoms. The first-order valence-electron chi connectivity index (χ1n) is 9.18. The first-order chi connectivity index (χ1) is 13.8. The Morgan fingerprint density at radius 3 is 2.31 bits per heavy atom. The van der Waals surface area contributed by atoms with E-state index >= 15 is 0 Å². The van der Waals surface area contributed by atoms with Crippen LogP contribution in [0.1, 0.15) is 12.5 Å². The van der Waals surface area contributed by atoms with Crippen molar-refractivity contribution in [1.82, 2.24) is 5.32 Å². The zero-order valence-corrected chi connectivity index (χ0v) is 17.4. The van der Waals surface area contributed by atoms with Crippen molar-refractivity contribution >= 4 is 32.4 Å². The maximum atomic E-state index is 12.7. The van der Waals surface area contributed by atoms with Gasteiger partial charge in [0.25, 0.3) is 0 Å². The first-order valence-corrected chi connectivity index (χ1v) is 11.0. The maximum absolute atomic E-state index is 12.7. The molecule has 3 rings (SSSR count). The summed E-state index contributed by atoms with van der Waals surface area (Å²) in [7, 11) is -2.13. The molecule has 0 aliphatic carbocycles. The highest BCUT2D eigenvalue weighted by atomic mass is 32.2. The van der Waals surface area contributed by atoms with E-state index in [0.29, 0.717) is 18.0 Å². The topological polar surface area (TPSA) is 75.7 Å². The number of anilines is 1. The largest absolute Gasteiger partial charge is 0.497 e. The van der Waals surface area contributed by atoms with Crippen LogP contribution in [0.4, 0.5) is 5.69 Å². The van der Waals surface area contributed by atoms with Gasteiger partial charge in [-0.25, -0.2) is 8.42 Å². The van der Waals surface area contributed by atoms with Crippen molar-refractivity contribution in [2.24, 2.45) is 0 Å². The molecule has 3 aromatic carbocycles. The number of ether oxygens (including phenoxy) is 1. The molecule has 1 unspecified atom stereocenters. The average molecular weight is 413 g/mol. The molecule has 0 aromatic heterocycles. The highest BCUT2D eigenvalue weighted by Gasteiger charge is 2.29. The molecule has 0 aliphatic rings. The number of nitrogens with zero attached hydrogens (tertiary/aromatic N) is 1. The van der Waals surface area contributed by atoms with Crippen LogP contribution in [0.3, 0.4) is 0 Å². The van der Waals surface area contributed by atoms with Gasteiger partial charge in [-0.2, -0.15) is 0 Å². The van der Waals surface area contributed by atoms with Gasteiger partial charge in [-0.3, -0.25) is 9.10 Å². The van der Waals surface area contributed by atoms with Crippen LogP contribution in [0.5, 0.6) is 5.75 Å². The Kier molecular flexibility index (Phi) is 6.08. The number of nitrogens with one attached hydrogen (secondary N) is 1. The Bertz CT molecular complexity index is 1110. The smallest absolute Gasteiger partial charge is 0.243 e. The predicted molar refractivity (Wildman–Crippen MR) is 116 cm³/mol. The summed E-state index contributed by atoms with van der Waals surface area (Å²) in [6.45, 7) is 1.88. The first kappa shape index (κ1) is 20.7. The number of methoxy groups -OCH3 is 1. The molecular formula is C22H24N2O4S. The predicted octanol–water partition coefficient (Wildman–Crippen LogP) is 3.32. The molecule has 1 N–H and O–H groups in total. The van der Waals surface area contributed by atoms with Crippen molar-refractivity contribution < 1.29 is 17.9 Å². The molecule has 29 heavy (non-hydrogen) atoms. The third kappa shape index (κ3) is 4.86. The van der Waals surface area contributed by atoms with E-state index in [9.17, 15) is 13.2 Å². The molecule has 1 amide bonds. The lowest BCUT2D eigenvalue weighted by molar-refractivity contribution is -0.122. The van der Waals surface area contributed by atoms with Crippen LogP contribution in [0.15, 0.2) is 66.7 Å². The number of carbonyl (C=O) groups is 1. The van der Waals surface area contributed by atoms with Crippen LogP contribution in [0.25, 0.3) is 10.8 Å². The van der Waals surface area contributed by atoms with Crippen LogP contribution in [-0.2, 0) is 21.4 Å². The molecule has 7 heteroatoms. The van der Waals surface area contributed by atoms with E-state index in [4.69, 9.17) is 4.74 Å². The summed E-state index contributed by atoms with van der Waals surface area (Å²) in [5.41, 5.74) is 1.35. The van der Waals surface area contributed by atoms with E-state index in [-0.39, 0.29) is 5.91 Å². The van der Waals surface area contributed by atoms with Gasteiger partial charge in [0, 0.05) is 6.54 Å². The Morgan fingerprint density at radius 1 is 1.03 bits per heavy atom. The second-order valence-corrected chi connectivity index (χ2v) is 8.69. The van der Waals surface area contributed by atoms with Gasteiger partial charge >= 0.3 is 0 Å². The summed E-state index contributed by atoms with van der Waals surface area (Å²) in [6.07, 6.45) is 1.09. The molecule has 152 valence electrons. The lowest BCUT2D eigenvalue weighted by Gasteiger charge is -2.28. The molecular weight excluding hydrogens is 388 g/mol. The second-order valence-electron chi connectivity index (χ2n) is 6.83. The fraction of sp³-hybridized carbons (Fsp3) is 0.227. The van der Waals surface area contributed by atoms with Gasteiger partial charge < -0.3 is 10.1 Å². The number of rotatable bonds is 7.